The van der Waals surface area contributed by atoms with E-state index in [9.17, 15) is 4.79 Å². The quantitative estimate of drug-likeness (QED) is 0.853. The number of ether oxygens (including phenoxy) is 2. The van der Waals surface area contributed by atoms with Gasteiger partial charge in [0, 0.05) is 18.5 Å². The molecule has 114 valence electrons. The average molecular weight is 289 g/mol. The third kappa shape index (κ3) is 2.71. The molecule has 1 fully saturated rings. The summed E-state index contributed by atoms with van der Waals surface area (Å²) in [5.41, 5.74) is 0.933. The number of benzene rings is 1. The van der Waals surface area contributed by atoms with Gasteiger partial charge in [0.05, 0.1) is 0 Å². The van der Waals surface area contributed by atoms with E-state index in [1.54, 1.807) is 0 Å². The fourth-order valence-electron chi connectivity index (χ4n) is 3.34. The lowest BCUT2D eigenvalue weighted by molar-refractivity contribution is -0.141. The maximum absolute atomic E-state index is 12.8. The lowest BCUT2D eigenvalue weighted by Crippen LogP contribution is -2.40. The number of nitrogens with zero attached hydrogens (tertiary/aromatic N) is 1. The molecule has 2 aliphatic rings. The topological polar surface area (TPSA) is 38.8 Å². The van der Waals surface area contributed by atoms with Crippen LogP contribution in [-0.2, 0) is 11.3 Å². The first kappa shape index (κ1) is 14.2. The van der Waals surface area contributed by atoms with Gasteiger partial charge >= 0.3 is 0 Å². The SMILES string of the molecule is CCN(Cc1ccc2c(c1)OCO2)C(=O)C1(C)CCCC1. The van der Waals surface area contributed by atoms with Crippen molar-refractivity contribution in [1.82, 2.24) is 4.90 Å². The van der Waals surface area contributed by atoms with Crippen LogP contribution in [0.15, 0.2) is 18.2 Å². The molecule has 0 spiro atoms. The Morgan fingerprint density at radius 1 is 1.24 bits per heavy atom. The van der Waals surface area contributed by atoms with Gasteiger partial charge in [0.25, 0.3) is 0 Å². The van der Waals surface area contributed by atoms with E-state index < -0.39 is 0 Å². The number of rotatable bonds is 4. The molecule has 0 N–H and O–H groups in total. The van der Waals surface area contributed by atoms with E-state index in [4.69, 9.17) is 9.47 Å². The summed E-state index contributed by atoms with van der Waals surface area (Å²) in [4.78, 5) is 14.8. The van der Waals surface area contributed by atoms with Crippen LogP contribution in [0.5, 0.6) is 11.5 Å². The Morgan fingerprint density at radius 3 is 2.67 bits per heavy atom. The zero-order valence-electron chi connectivity index (χ0n) is 12.9. The standard InChI is InChI=1S/C17H23NO3/c1-3-18(16(19)17(2)8-4-5-9-17)11-13-6-7-14-15(10-13)21-12-20-14/h6-7,10H,3-5,8-9,11-12H2,1-2H3. The molecule has 1 saturated carbocycles. The number of amides is 1. The van der Waals surface area contributed by atoms with Crippen molar-refractivity contribution >= 4 is 5.91 Å². The molecule has 1 amide bonds. The van der Waals surface area contributed by atoms with Crippen LogP contribution in [0.4, 0.5) is 0 Å². The maximum Gasteiger partial charge on any atom is 0.231 e. The minimum atomic E-state index is -0.160. The van der Waals surface area contributed by atoms with E-state index in [0.29, 0.717) is 12.5 Å². The maximum atomic E-state index is 12.8. The van der Waals surface area contributed by atoms with Gasteiger partial charge in [0.2, 0.25) is 12.7 Å². The molecule has 4 nitrogen and oxygen atoms in total. The number of fused-ring (bicyclic) bond motifs is 1. The fourth-order valence-corrected chi connectivity index (χ4v) is 3.34. The van der Waals surface area contributed by atoms with Crippen molar-refractivity contribution in [1.29, 1.82) is 0 Å². The smallest absolute Gasteiger partial charge is 0.231 e. The first-order valence-corrected chi connectivity index (χ1v) is 7.80. The van der Waals surface area contributed by atoms with Gasteiger partial charge in [-0.05, 0) is 37.5 Å². The molecule has 0 saturated heterocycles. The first-order chi connectivity index (χ1) is 10.1. The summed E-state index contributed by atoms with van der Waals surface area (Å²) in [7, 11) is 0. The highest BCUT2D eigenvalue weighted by atomic mass is 16.7. The molecule has 1 aromatic carbocycles. The molecule has 1 aliphatic heterocycles. The van der Waals surface area contributed by atoms with Crippen molar-refractivity contribution in [3.8, 4) is 11.5 Å². The van der Waals surface area contributed by atoms with Gasteiger partial charge < -0.3 is 14.4 Å². The summed E-state index contributed by atoms with van der Waals surface area (Å²) in [6.07, 6.45) is 4.38. The Balaban J connectivity index is 1.73. The second-order valence-electron chi connectivity index (χ2n) is 6.27. The van der Waals surface area contributed by atoms with E-state index in [-0.39, 0.29) is 12.2 Å². The summed E-state index contributed by atoms with van der Waals surface area (Å²) < 4.78 is 10.7. The van der Waals surface area contributed by atoms with E-state index >= 15 is 0 Å². The monoisotopic (exact) mass is 289 g/mol. The van der Waals surface area contributed by atoms with Crippen LogP contribution < -0.4 is 9.47 Å². The van der Waals surface area contributed by atoms with Gasteiger partial charge in [-0.3, -0.25) is 4.79 Å². The molecule has 0 unspecified atom stereocenters. The minimum Gasteiger partial charge on any atom is -0.454 e. The van der Waals surface area contributed by atoms with Gasteiger partial charge in [-0.25, -0.2) is 0 Å². The average Bonchev–Trinajstić information content (AvgIpc) is 3.13. The third-order valence-corrected chi connectivity index (χ3v) is 4.70. The van der Waals surface area contributed by atoms with Crippen LogP contribution in [0.2, 0.25) is 0 Å². The van der Waals surface area contributed by atoms with Crippen molar-refractivity contribution in [3.05, 3.63) is 23.8 Å². The van der Waals surface area contributed by atoms with E-state index in [0.717, 1.165) is 36.4 Å². The van der Waals surface area contributed by atoms with E-state index in [1.165, 1.54) is 12.8 Å². The number of carbonyl (C=O) groups is 1. The van der Waals surface area contributed by atoms with Crippen LogP contribution >= 0.6 is 0 Å². The van der Waals surface area contributed by atoms with Crippen LogP contribution in [0.1, 0.15) is 45.1 Å². The van der Waals surface area contributed by atoms with Gasteiger partial charge in [-0.1, -0.05) is 25.8 Å². The first-order valence-electron chi connectivity index (χ1n) is 7.80. The Morgan fingerprint density at radius 2 is 1.95 bits per heavy atom. The van der Waals surface area contributed by atoms with Gasteiger partial charge in [0.1, 0.15) is 0 Å². The molecular formula is C17H23NO3. The van der Waals surface area contributed by atoms with Crippen LogP contribution in [0.25, 0.3) is 0 Å². The summed E-state index contributed by atoms with van der Waals surface area (Å²) in [6.45, 7) is 5.82. The molecular weight excluding hydrogens is 266 g/mol. The summed E-state index contributed by atoms with van der Waals surface area (Å²) in [6, 6.07) is 5.92. The van der Waals surface area contributed by atoms with Crippen molar-refractivity contribution in [2.45, 2.75) is 46.1 Å². The van der Waals surface area contributed by atoms with Crippen molar-refractivity contribution in [2.75, 3.05) is 13.3 Å². The van der Waals surface area contributed by atoms with Crippen LogP contribution in [-0.4, -0.2) is 24.1 Å². The normalized spacial score (nSPS) is 18.8. The largest absolute Gasteiger partial charge is 0.454 e. The van der Waals surface area contributed by atoms with E-state index in [1.807, 2.05) is 30.0 Å². The molecule has 0 atom stereocenters. The Hall–Kier alpha value is -1.71. The molecule has 0 radical (unpaired) electrons. The molecule has 0 bridgehead atoms. The summed E-state index contributed by atoms with van der Waals surface area (Å²) in [5, 5.41) is 0. The molecule has 3 rings (SSSR count). The van der Waals surface area contributed by atoms with E-state index in [2.05, 4.69) is 6.92 Å². The van der Waals surface area contributed by atoms with Crippen molar-refractivity contribution in [2.24, 2.45) is 5.41 Å². The minimum absolute atomic E-state index is 0.160. The third-order valence-electron chi connectivity index (χ3n) is 4.70. The number of carbonyl (C=O) groups excluding carboxylic acids is 1. The number of hydrogen-bond donors (Lipinski definition) is 0. The molecule has 21 heavy (non-hydrogen) atoms. The summed E-state index contributed by atoms with van der Waals surface area (Å²) in [5.74, 6) is 1.86. The predicted molar refractivity (Wildman–Crippen MR) is 80.2 cm³/mol. The Labute approximate surface area is 126 Å². The molecule has 1 heterocycles. The van der Waals surface area contributed by atoms with Gasteiger partial charge in [0.15, 0.2) is 11.5 Å². The highest BCUT2D eigenvalue weighted by Gasteiger charge is 2.38. The molecule has 1 aliphatic carbocycles. The second-order valence-corrected chi connectivity index (χ2v) is 6.27. The molecule has 0 aromatic heterocycles. The van der Waals surface area contributed by atoms with Crippen molar-refractivity contribution in [3.63, 3.8) is 0 Å². The fraction of sp³-hybridized carbons (Fsp3) is 0.588. The summed E-state index contributed by atoms with van der Waals surface area (Å²) >= 11 is 0. The number of hydrogen-bond acceptors (Lipinski definition) is 3. The predicted octanol–water partition coefficient (Wildman–Crippen LogP) is 3.34. The highest BCUT2D eigenvalue weighted by molar-refractivity contribution is 5.82. The Kier molecular flexibility index (Phi) is 3.79. The zero-order valence-corrected chi connectivity index (χ0v) is 12.9. The lowest BCUT2D eigenvalue weighted by Gasteiger charge is -2.31. The Bertz CT molecular complexity index is 535. The van der Waals surface area contributed by atoms with Gasteiger partial charge in [-0.2, -0.15) is 0 Å². The molecule has 1 aromatic rings. The highest BCUT2D eigenvalue weighted by Crippen LogP contribution is 2.39. The van der Waals surface area contributed by atoms with Crippen LogP contribution in [0.3, 0.4) is 0 Å². The van der Waals surface area contributed by atoms with Gasteiger partial charge in [-0.15, -0.1) is 0 Å². The van der Waals surface area contributed by atoms with Crippen LogP contribution in [0, 0.1) is 5.41 Å². The second kappa shape index (κ2) is 5.58. The van der Waals surface area contributed by atoms with Crippen molar-refractivity contribution < 1.29 is 14.3 Å². The zero-order chi connectivity index (χ0) is 14.9. The molecule has 4 heteroatoms. The lowest BCUT2D eigenvalue weighted by atomic mass is 9.87.